The smallest absolute Gasteiger partial charge is 0.253 e. The van der Waals surface area contributed by atoms with Crippen LogP contribution in [0.5, 0.6) is 0 Å². The van der Waals surface area contributed by atoms with Crippen molar-refractivity contribution in [1.29, 1.82) is 0 Å². The van der Waals surface area contributed by atoms with Gasteiger partial charge in [-0.2, -0.15) is 8.61 Å². The van der Waals surface area contributed by atoms with Gasteiger partial charge in [0, 0.05) is 25.3 Å². The number of thiophene rings is 1. The molecule has 1 fully saturated rings. The highest BCUT2D eigenvalue weighted by Crippen LogP contribution is 2.25. The van der Waals surface area contributed by atoms with Crippen LogP contribution in [0, 0.1) is 6.92 Å². The number of nitrogens with zero attached hydrogens (tertiary/aromatic N) is 2. The van der Waals surface area contributed by atoms with Crippen LogP contribution in [0.1, 0.15) is 5.56 Å². The number of benzene rings is 1. The lowest BCUT2D eigenvalue weighted by atomic mass is 10.2. The molecule has 9 nitrogen and oxygen atoms in total. The van der Waals surface area contributed by atoms with Crippen molar-refractivity contribution >= 4 is 43.0 Å². The first-order valence-electron chi connectivity index (χ1n) is 9.79. The average molecular weight is 500 g/mol. The molecule has 1 amide bonds. The topological polar surface area (TPSA) is 113 Å². The SMILES string of the molecule is C=CCN(CC(=O)Nc1ccc(C)c(S(=O)(=O)N2CCOCC2)c1)S(=O)(=O)c1cccs1. The molecular formula is C20H25N3O6S3. The lowest BCUT2D eigenvalue weighted by Gasteiger charge is -2.27. The van der Waals surface area contributed by atoms with E-state index in [0.717, 1.165) is 15.6 Å². The number of amides is 1. The maximum atomic E-state index is 13.0. The van der Waals surface area contributed by atoms with Gasteiger partial charge in [-0.1, -0.05) is 18.2 Å². The first kappa shape index (κ1) is 24.6. The first-order valence-corrected chi connectivity index (χ1v) is 13.5. The fraction of sp³-hybridized carbons (Fsp3) is 0.350. The summed E-state index contributed by atoms with van der Waals surface area (Å²) in [5.74, 6) is -0.592. The van der Waals surface area contributed by atoms with Crippen molar-refractivity contribution < 1.29 is 26.4 Å². The van der Waals surface area contributed by atoms with Gasteiger partial charge in [0.25, 0.3) is 10.0 Å². The minimum atomic E-state index is -3.85. The number of anilines is 1. The molecule has 12 heteroatoms. The van der Waals surface area contributed by atoms with E-state index in [2.05, 4.69) is 11.9 Å². The minimum absolute atomic E-state index is 0.0434. The fourth-order valence-electron chi connectivity index (χ4n) is 3.17. The Morgan fingerprint density at radius 3 is 2.59 bits per heavy atom. The summed E-state index contributed by atoms with van der Waals surface area (Å²) in [5.41, 5.74) is 0.808. The van der Waals surface area contributed by atoms with E-state index in [4.69, 9.17) is 4.74 Å². The summed E-state index contributed by atoms with van der Waals surface area (Å²) in [6, 6.07) is 7.66. The van der Waals surface area contributed by atoms with E-state index in [1.807, 2.05) is 0 Å². The highest BCUT2D eigenvalue weighted by molar-refractivity contribution is 7.91. The van der Waals surface area contributed by atoms with Crippen LogP contribution in [0.25, 0.3) is 0 Å². The maximum Gasteiger partial charge on any atom is 0.253 e. The standard InChI is InChI=1S/C20H25N3O6S3/c1-3-8-23(32(27,28)20-5-4-13-30-20)15-19(24)21-17-7-6-16(2)18(14-17)31(25,26)22-9-11-29-12-10-22/h3-7,13-14H,1,8-12,15H2,2H3,(H,21,24). The largest absolute Gasteiger partial charge is 0.379 e. The lowest BCUT2D eigenvalue weighted by Crippen LogP contribution is -2.41. The molecule has 1 aromatic heterocycles. The molecule has 0 bridgehead atoms. The van der Waals surface area contributed by atoms with Gasteiger partial charge in [-0.25, -0.2) is 16.8 Å². The molecular weight excluding hydrogens is 474 g/mol. The van der Waals surface area contributed by atoms with Crippen LogP contribution in [0.4, 0.5) is 5.69 Å². The van der Waals surface area contributed by atoms with Gasteiger partial charge in [-0.15, -0.1) is 17.9 Å². The molecule has 0 atom stereocenters. The van der Waals surface area contributed by atoms with Gasteiger partial charge in [0.05, 0.1) is 24.7 Å². The third kappa shape index (κ3) is 5.45. The monoisotopic (exact) mass is 499 g/mol. The van der Waals surface area contributed by atoms with Gasteiger partial charge in [0.1, 0.15) is 4.21 Å². The molecule has 1 saturated heterocycles. The first-order chi connectivity index (χ1) is 15.2. The van der Waals surface area contributed by atoms with Crippen molar-refractivity contribution in [2.24, 2.45) is 0 Å². The normalized spacial score (nSPS) is 15.6. The molecule has 3 rings (SSSR count). The average Bonchev–Trinajstić information content (AvgIpc) is 3.31. The lowest BCUT2D eigenvalue weighted by molar-refractivity contribution is -0.116. The Morgan fingerprint density at radius 1 is 1.25 bits per heavy atom. The van der Waals surface area contributed by atoms with Gasteiger partial charge in [0.2, 0.25) is 15.9 Å². The van der Waals surface area contributed by atoms with Crippen LogP contribution in [-0.4, -0.2) is 70.7 Å². The number of carbonyl (C=O) groups is 1. The molecule has 2 heterocycles. The summed E-state index contributed by atoms with van der Waals surface area (Å²) in [4.78, 5) is 12.7. The van der Waals surface area contributed by atoms with E-state index in [1.165, 1.54) is 22.5 Å². The fourth-order valence-corrected chi connectivity index (χ4v) is 7.34. The predicted octanol–water partition coefficient (Wildman–Crippen LogP) is 1.89. The van der Waals surface area contributed by atoms with E-state index < -0.39 is 32.5 Å². The van der Waals surface area contributed by atoms with Crippen LogP contribution >= 0.6 is 11.3 Å². The molecule has 0 saturated carbocycles. The number of hydrogen-bond donors (Lipinski definition) is 1. The molecule has 1 N–H and O–H groups in total. The number of sulfonamides is 2. The van der Waals surface area contributed by atoms with Crippen molar-refractivity contribution in [3.05, 3.63) is 53.9 Å². The Bertz CT molecular complexity index is 1170. The Kier molecular flexibility index (Phi) is 7.85. The molecule has 1 aromatic carbocycles. The molecule has 0 aliphatic carbocycles. The van der Waals surface area contributed by atoms with Crippen molar-refractivity contribution in [2.45, 2.75) is 16.0 Å². The molecule has 0 radical (unpaired) electrons. The van der Waals surface area contributed by atoms with Gasteiger partial charge in [-0.3, -0.25) is 4.79 Å². The van der Waals surface area contributed by atoms with Gasteiger partial charge < -0.3 is 10.1 Å². The van der Waals surface area contributed by atoms with E-state index in [9.17, 15) is 21.6 Å². The minimum Gasteiger partial charge on any atom is -0.379 e. The van der Waals surface area contributed by atoms with Crippen LogP contribution in [-0.2, 0) is 29.6 Å². The number of hydrogen-bond acceptors (Lipinski definition) is 7. The van der Waals surface area contributed by atoms with Crippen LogP contribution < -0.4 is 5.32 Å². The summed E-state index contributed by atoms with van der Waals surface area (Å²) < 4.78 is 59.4. The molecule has 1 aliphatic rings. The van der Waals surface area contributed by atoms with Crippen molar-refractivity contribution in [1.82, 2.24) is 8.61 Å². The van der Waals surface area contributed by atoms with Crippen LogP contribution in [0.3, 0.4) is 0 Å². The van der Waals surface area contributed by atoms with Gasteiger partial charge in [-0.05, 0) is 36.1 Å². The second-order valence-corrected chi connectivity index (χ2v) is 12.1. The van der Waals surface area contributed by atoms with E-state index in [1.54, 1.807) is 30.5 Å². The summed E-state index contributed by atoms with van der Waals surface area (Å²) in [6.07, 6.45) is 1.40. The third-order valence-corrected chi connectivity index (χ3v) is 10.0. The maximum absolute atomic E-state index is 13.0. The van der Waals surface area contributed by atoms with Crippen molar-refractivity contribution in [3.63, 3.8) is 0 Å². The molecule has 32 heavy (non-hydrogen) atoms. The van der Waals surface area contributed by atoms with Crippen molar-refractivity contribution in [2.75, 3.05) is 44.7 Å². The second kappa shape index (κ2) is 10.2. The Morgan fingerprint density at radius 2 is 1.97 bits per heavy atom. The zero-order valence-corrected chi connectivity index (χ0v) is 20.0. The Balaban J connectivity index is 1.78. The van der Waals surface area contributed by atoms with Crippen LogP contribution in [0.15, 0.2) is 57.5 Å². The summed E-state index contributed by atoms with van der Waals surface area (Å²) in [6.45, 7) is 5.93. The number of aryl methyl sites for hydroxylation is 1. The summed E-state index contributed by atoms with van der Waals surface area (Å²) in [5, 5.41) is 4.25. The number of ether oxygens (including phenoxy) is 1. The molecule has 0 unspecified atom stereocenters. The van der Waals surface area contributed by atoms with Crippen LogP contribution in [0.2, 0.25) is 0 Å². The number of morpholine rings is 1. The van der Waals surface area contributed by atoms with Gasteiger partial charge in [0.15, 0.2) is 0 Å². The van der Waals surface area contributed by atoms with Crippen molar-refractivity contribution in [3.8, 4) is 0 Å². The molecule has 174 valence electrons. The van der Waals surface area contributed by atoms with E-state index in [0.29, 0.717) is 18.8 Å². The predicted molar refractivity (Wildman–Crippen MR) is 123 cm³/mol. The number of carbonyl (C=O) groups excluding carboxylic acids is 1. The molecule has 1 aliphatic heterocycles. The van der Waals surface area contributed by atoms with E-state index in [-0.39, 0.29) is 34.4 Å². The zero-order valence-electron chi connectivity index (χ0n) is 17.6. The van der Waals surface area contributed by atoms with E-state index >= 15 is 0 Å². The summed E-state index contributed by atoms with van der Waals surface area (Å²) >= 11 is 1.06. The Hall–Kier alpha value is -2.09. The quantitative estimate of drug-likeness (QED) is 0.527. The molecule has 0 spiro atoms. The zero-order chi connectivity index (χ0) is 23.4. The molecule has 2 aromatic rings. The second-order valence-electron chi connectivity index (χ2n) is 7.06. The number of nitrogens with one attached hydrogen (secondary N) is 1. The third-order valence-electron chi connectivity index (χ3n) is 4.80. The van der Waals surface area contributed by atoms with Gasteiger partial charge >= 0.3 is 0 Å². The Labute approximate surface area is 192 Å². The highest BCUT2D eigenvalue weighted by atomic mass is 32.2. The summed E-state index contributed by atoms with van der Waals surface area (Å²) in [7, 11) is -7.61. The number of rotatable bonds is 9. The highest BCUT2D eigenvalue weighted by Gasteiger charge is 2.29.